The molecule has 0 saturated carbocycles. The second kappa shape index (κ2) is 7.94. The summed E-state index contributed by atoms with van der Waals surface area (Å²) in [5.41, 5.74) is -0.376. The Bertz CT molecular complexity index is 732. The maximum Gasteiger partial charge on any atom is 0.251 e. The molecule has 1 aliphatic heterocycles. The van der Waals surface area contributed by atoms with Crippen LogP contribution in [0.1, 0.15) is 33.1 Å². The third-order valence-corrected chi connectivity index (χ3v) is 6.35. The van der Waals surface area contributed by atoms with Crippen molar-refractivity contribution >= 4 is 15.9 Å². The van der Waals surface area contributed by atoms with Crippen LogP contribution in [0.3, 0.4) is 0 Å². The van der Waals surface area contributed by atoms with E-state index >= 15 is 0 Å². The Morgan fingerprint density at radius 1 is 1.12 bits per heavy atom. The van der Waals surface area contributed by atoms with Crippen molar-refractivity contribution in [1.82, 2.24) is 13.8 Å². The lowest BCUT2D eigenvalue weighted by Gasteiger charge is -2.27. The number of rotatable bonds is 6. The summed E-state index contributed by atoms with van der Waals surface area (Å²) in [5, 5.41) is 0. The molecule has 1 amide bonds. The molecule has 0 atom stereocenters. The van der Waals surface area contributed by atoms with Crippen LogP contribution >= 0.6 is 0 Å². The number of carbonyl (C=O) groups excluding carboxylic acids is 1. The van der Waals surface area contributed by atoms with Gasteiger partial charge in [0, 0.05) is 38.4 Å². The minimum absolute atomic E-state index is 0.0391. The van der Waals surface area contributed by atoms with Crippen molar-refractivity contribution in [2.75, 3.05) is 26.2 Å². The van der Waals surface area contributed by atoms with Crippen molar-refractivity contribution in [3.8, 4) is 0 Å². The standard InChI is InChI=1S/C16H25N3O4S/c1-3-19(4-2)24(22,23)14-8-9-15(20)18(12-14)13-16(21)17-10-6-5-7-11-17/h8-9,12H,3-7,10-11,13H2,1-2H3. The smallest absolute Gasteiger partial charge is 0.251 e. The van der Waals surface area contributed by atoms with Crippen LogP contribution in [0.25, 0.3) is 0 Å². The highest BCUT2D eigenvalue weighted by Crippen LogP contribution is 2.14. The summed E-state index contributed by atoms with van der Waals surface area (Å²) in [5.74, 6) is -0.144. The minimum Gasteiger partial charge on any atom is -0.341 e. The van der Waals surface area contributed by atoms with E-state index in [9.17, 15) is 18.0 Å². The molecule has 1 aromatic rings. The van der Waals surface area contributed by atoms with E-state index in [2.05, 4.69) is 0 Å². The number of aromatic nitrogens is 1. The molecule has 1 aromatic heterocycles. The predicted octanol–water partition coefficient (Wildman–Crippen LogP) is 0.891. The summed E-state index contributed by atoms with van der Waals surface area (Å²) in [6.07, 6.45) is 4.33. The van der Waals surface area contributed by atoms with E-state index in [1.807, 2.05) is 0 Å². The number of sulfonamides is 1. The van der Waals surface area contributed by atoms with Crippen molar-refractivity contribution in [3.05, 3.63) is 28.7 Å². The highest BCUT2D eigenvalue weighted by atomic mass is 32.2. The molecule has 2 heterocycles. The van der Waals surface area contributed by atoms with Crippen molar-refractivity contribution in [3.63, 3.8) is 0 Å². The fraction of sp³-hybridized carbons (Fsp3) is 0.625. The lowest BCUT2D eigenvalue weighted by Crippen LogP contribution is -2.39. The summed E-state index contributed by atoms with van der Waals surface area (Å²) >= 11 is 0. The molecule has 24 heavy (non-hydrogen) atoms. The highest BCUT2D eigenvalue weighted by Gasteiger charge is 2.23. The minimum atomic E-state index is -3.65. The molecule has 1 saturated heterocycles. The van der Waals surface area contributed by atoms with Gasteiger partial charge in [-0.05, 0) is 25.3 Å². The van der Waals surface area contributed by atoms with E-state index in [0.29, 0.717) is 26.2 Å². The molecule has 0 bridgehead atoms. The first kappa shape index (κ1) is 18.7. The number of carbonyl (C=O) groups is 1. The molecule has 2 rings (SSSR count). The van der Waals surface area contributed by atoms with Gasteiger partial charge in [-0.25, -0.2) is 8.42 Å². The highest BCUT2D eigenvalue weighted by molar-refractivity contribution is 7.89. The normalized spacial score (nSPS) is 15.7. The van der Waals surface area contributed by atoms with Crippen LogP contribution in [0.15, 0.2) is 28.0 Å². The molecule has 134 valence electrons. The number of nitrogens with zero attached hydrogens (tertiary/aromatic N) is 3. The lowest BCUT2D eigenvalue weighted by atomic mass is 10.1. The Morgan fingerprint density at radius 3 is 2.33 bits per heavy atom. The number of amides is 1. The van der Waals surface area contributed by atoms with Gasteiger partial charge in [0.2, 0.25) is 15.9 Å². The molecule has 0 spiro atoms. The Balaban J connectivity index is 2.25. The topological polar surface area (TPSA) is 79.7 Å². The average molecular weight is 355 g/mol. The van der Waals surface area contributed by atoms with Gasteiger partial charge in [-0.3, -0.25) is 9.59 Å². The van der Waals surface area contributed by atoms with E-state index in [1.165, 1.54) is 27.2 Å². The van der Waals surface area contributed by atoms with E-state index in [4.69, 9.17) is 0 Å². The molecule has 1 fully saturated rings. The van der Waals surface area contributed by atoms with Crippen molar-refractivity contribution < 1.29 is 13.2 Å². The van der Waals surface area contributed by atoms with Crippen LogP contribution < -0.4 is 5.56 Å². The van der Waals surface area contributed by atoms with E-state index in [0.717, 1.165) is 19.3 Å². The summed E-state index contributed by atoms with van der Waals surface area (Å²) in [6, 6.07) is 2.51. The van der Waals surface area contributed by atoms with E-state index < -0.39 is 10.0 Å². The predicted molar refractivity (Wildman–Crippen MR) is 91.2 cm³/mol. The van der Waals surface area contributed by atoms with E-state index in [-0.39, 0.29) is 22.9 Å². The van der Waals surface area contributed by atoms with Gasteiger partial charge in [0.05, 0.1) is 4.90 Å². The summed E-state index contributed by atoms with van der Waals surface area (Å²) in [4.78, 5) is 26.1. The molecule has 7 nitrogen and oxygen atoms in total. The Labute approximate surface area is 142 Å². The fourth-order valence-corrected chi connectivity index (χ4v) is 4.37. The van der Waals surface area contributed by atoms with Crippen molar-refractivity contribution in [1.29, 1.82) is 0 Å². The second-order valence-corrected chi connectivity index (χ2v) is 7.80. The number of hydrogen-bond acceptors (Lipinski definition) is 4. The molecular weight excluding hydrogens is 330 g/mol. The summed E-state index contributed by atoms with van der Waals surface area (Å²) in [6.45, 7) is 5.50. The van der Waals surface area contributed by atoms with Gasteiger partial charge in [0.15, 0.2) is 0 Å². The Kier molecular flexibility index (Phi) is 6.17. The molecule has 0 aromatic carbocycles. The number of hydrogen-bond donors (Lipinski definition) is 0. The summed E-state index contributed by atoms with van der Waals surface area (Å²) in [7, 11) is -3.65. The fourth-order valence-electron chi connectivity index (χ4n) is 2.89. The van der Waals surface area contributed by atoms with Gasteiger partial charge in [-0.1, -0.05) is 13.8 Å². The molecule has 0 N–H and O–H groups in total. The zero-order chi connectivity index (χ0) is 17.7. The zero-order valence-electron chi connectivity index (χ0n) is 14.3. The first-order valence-corrected chi connectivity index (χ1v) is 9.82. The molecule has 0 unspecified atom stereocenters. The van der Waals surface area contributed by atoms with Gasteiger partial charge in [-0.15, -0.1) is 0 Å². The average Bonchev–Trinajstić information content (AvgIpc) is 2.58. The zero-order valence-corrected chi connectivity index (χ0v) is 15.1. The van der Waals surface area contributed by atoms with Gasteiger partial charge in [-0.2, -0.15) is 4.31 Å². The summed E-state index contributed by atoms with van der Waals surface area (Å²) < 4.78 is 27.6. The molecular formula is C16H25N3O4S. The SMILES string of the molecule is CCN(CC)S(=O)(=O)c1ccc(=O)n(CC(=O)N2CCCCC2)c1. The quantitative estimate of drug-likeness (QED) is 0.759. The van der Waals surface area contributed by atoms with E-state index in [1.54, 1.807) is 18.7 Å². The maximum atomic E-state index is 12.6. The van der Waals surface area contributed by atoms with Crippen LogP contribution in [0.2, 0.25) is 0 Å². The molecule has 0 radical (unpaired) electrons. The first-order valence-electron chi connectivity index (χ1n) is 8.38. The monoisotopic (exact) mass is 355 g/mol. The van der Waals surface area contributed by atoms with Crippen LogP contribution in [0.5, 0.6) is 0 Å². The van der Waals surface area contributed by atoms with Gasteiger partial charge in [0.25, 0.3) is 5.56 Å². The Hall–Kier alpha value is -1.67. The number of pyridine rings is 1. The lowest BCUT2D eigenvalue weighted by molar-refractivity contribution is -0.132. The second-order valence-electron chi connectivity index (χ2n) is 5.86. The van der Waals surface area contributed by atoms with Gasteiger partial charge >= 0.3 is 0 Å². The first-order chi connectivity index (χ1) is 11.4. The van der Waals surface area contributed by atoms with Crippen molar-refractivity contribution in [2.45, 2.75) is 44.6 Å². The maximum absolute atomic E-state index is 12.6. The van der Waals surface area contributed by atoms with Crippen LogP contribution in [0.4, 0.5) is 0 Å². The third-order valence-electron chi connectivity index (χ3n) is 4.31. The van der Waals surface area contributed by atoms with Crippen LogP contribution in [-0.4, -0.2) is 54.3 Å². The van der Waals surface area contributed by atoms with Crippen LogP contribution in [0, 0.1) is 0 Å². The largest absolute Gasteiger partial charge is 0.341 e. The molecule has 1 aliphatic rings. The molecule has 8 heteroatoms. The van der Waals surface area contributed by atoms with Crippen molar-refractivity contribution in [2.24, 2.45) is 0 Å². The van der Waals surface area contributed by atoms with Gasteiger partial charge < -0.3 is 9.47 Å². The Morgan fingerprint density at radius 2 is 1.75 bits per heavy atom. The van der Waals surface area contributed by atoms with Crippen LogP contribution in [-0.2, 0) is 21.4 Å². The third kappa shape index (κ3) is 4.05. The number of piperidine rings is 1. The van der Waals surface area contributed by atoms with Gasteiger partial charge in [0.1, 0.15) is 6.54 Å². The number of likely N-dealkylation sites (tertiary alicyclic amines) is 1. The molecule has 0 aliphatic carbocycles.